The fourth-order valence-electron chi connectivity index (χ4n) is 1.77. The van der Waals surface area contributed by atoms with Crippen LogP contribution >= 0.6 is 12.4 Å². The summed E-state index contributed by atoms with van der Waals surface area (Å²) in [6.07, 6.45) is 6.67. The van der Waals surface area contributed by atoms with Crippen molar-refractivity contribution in [3.63, 3.8) is 0 Å². The zero-order chi connectivity index (χ0) is 9.10. The summed E-state index contributed by atoms with van der Waals surface area (Å²) in [6, 6.07) is 0. The molecule has 0 atom stereocenters. The van der Waals surface area contributed by atoms with Gasteiger partial charge in [-0.2, -0.15) is 0 Å². The molecule has 0 radical (unpaired) electrons. The van der Waals surface area contributed by atoms with Gasteiger partial charge < -0.3 is 15.1 Å². The number of rotatable bonds is 1. The van der Waals surface area contributed by atoms with Gasteiger partial charge in [0, 0.05) is 46.0 Å². The van der Waals surface area contributed by atoms with Gasteiger partial charge in [-0.1, -0.05) is 6.08 Å². The van der Waals surface area contributed by atoms with E-state index >= 15 is 0 Å². The molecular weight excluding hydrogens is 198 g/mol. The van der Waals surface area contributed by atoms with Gasteiger partial charge in [0.1, 0.15) is 0 Å². The van der Waals surface area contributed by atoms with Crippen molar-refractivity contribution in [2.75, 3.05) is 39.8 Å². The van der Waals surface area contributed by atoms with E-state index in [1.54, 1.807) is 0 Å². The molecule has 2 rings (SSSR count). The zero-order valence-corrected chi connectivity index (χ0v) is 9.39. The van der Waals surface area contributed by atoms with Crippen LogP contribution in [0, 0.1) is 0 Å². The average molecular weight is 216 g/mol. The molecule has 80 valence electrons. The summed E-state index contributed by atoms with van der Waals surface area (Å²) in [5.74, 6) is 0. The van der Waals surface area contributed by atoms with E-state index in [1.165, 1.54) is 5.70 Å². The average Bonchev–Trinajstić information content (AvgIpc) is 2.19. The van der Waals surface area contributed by atoms with Crippen molar-refractivity contribution < 1.29 is 0 Å². The molecule has 0 spiro atoms. The van der Waals surface area contributed by atoms with Crippen molar-refractivity contribution in [3.05, 3.63) is 24.0 Å². The van der Waals surface area contributed by atoms with E-state index in [2.05, 4.69) is 40.5 Å². The largest absolute Gasteiger partial charge is 0.375 e. The lowest BCUT2D eigenvalue weighted by Gasteiger charge is -2.32. The van der Waals surface area contributed by atoms with Gasteiger partial charge in [0.15, 0.2) is 0 Å². The number of halogens is 1. The number of hydrogen-bond acceptors (Lipinski definition) is 3. The minimum absolute atomic E-state index is 0. The van der Waals surface area contributed by atoms with Crippen molar-refractivity contribution in [3.8, 4) is 0 Å². The van der Waals surface area contributed by atoms with Crippen LogP contribution in [0.4, 0.5) is 0 Å². The Morgan fingerprint density at radius 2 is 2.00 bits per heavy atom. The molecule has 4 heteroatoms. The second-order valence-electron chi connectivity index (χ2n) is 3.63. The van der Waals surface area contributed by atoms with Crippen molar-refractivity contribution in [2.24, 2.45) is 0 Å². The maximum absolute atomic E-state index is 3.36. The molecule has 3 nitrogen and oxygen atoms in total. The SMILES string of the molecule is CN1C=C(N2CCNCC2)C=CC1.Cl. The summed E-state index contributed by atoms with van der Waals surface area (Å²) >= 11 is 0. The van der Waals surface area contributed by atoms with E-state index in [0.29, 0.717) is 0 Å². The molecule has 1 fully saturated rings. The van der Waals surface area contributed by atoms with E-state index in [0.717, 1.165) is 32.7 Å². The molecule has 0 unspecified atom stereocenters. The van der Waals surface area contributed by atoms with E-state index in [4.69, 9.17) is 0 Å². The minimum atomic E-state index is 0. The lowest BCUT2D eigenvalue weighted by Crippen LogP contribution is -2.43. The third kappa shape index (κ3) is 2.66. The molecule has 0 bridgehead atoms. The number of nitrogens with zero attached hydrogens (tertiary/aromatic N) is 2. The Kier molecular flexibility index (Phi) is 4.29. The highest BCUT2D eigenvalue weighted by molar-refractivity contribution is 5.85. The van der Waals surface area contributed by atoms with Crippen LogP contribution in [0.1, 0.15) is 0 Å². The fraction of sp³-hybridized carbons (Fsp3) is 0.600. The van der Waals surface area contributed by atoms with Gasteiger partial charge in [-0.05, 0) is 6.08 Å². The second kappa shape index (κ2) is 5.27. The van der Waals surface area contributed by atoms with E-state index in [9.17, 15) is 0 Å². The molecule has 1 N–H and O–H groups in total. The van der Waals surface area contributed by atoms with Crippen LogP contribution in [0.3, 0.4) is 0 Å². The molecule has 0 aromatic heterocycles. The van der Waals surface area contributed by atoms with E-state index < -0.39 is 0 Å². The third-order valence-corrected chi connectivity index (χ3v) is 2.52. The standard InChI is InChI=1S/C10H17N3.ClH/c1-12-6-2-3-10(9-12)13-7-4-11-5-8-13;/h2-3,9,11H,4-8H2,1H3;1H. The molecule has 2 heterocycles. The molecule has 2 aliphatic heterocycles. The highest BCUT2D eigenvalue weighted by atomic mass is 35.5. The first kappa shape index (κ1) is 11.4. The van der Waals surface area contributed by atoms with E-state index in [1.807, 2.05) is 0 Å². The molecule has 0 amide bonds. The van der Waals surface area contributed by atoms with Crippen molar-refractivity contribution in [2.45, 2.75) is 0 Å². The van der Waals surface area contributed by atoms with Gasteiger partial charge in [0.05, 0.1) is 5.70 Å². The lowest BCUT2D eigenvalue weighted by molar-refractivity contribution is 0.297. The van der Waals surface area contributed by atoms with Gasteiger partial charge in [-0.3, -0.25) is 0 Å². The summed E-state index contributed by atoms with van der Waals surface area (Å²) in [5.41, 5.74) is 1.36. The highest BCUT2D eigenvalue weighted by Gasteiger charge is 2.12. The normalized spacial score (nSPS) is 21.6. The summed E-state index contributed by atoms with van der Waals surface area (Å²) < 4.78 is 0. The Labute approximate surface area is 91.9 Å². The first-order valence-corrected chi connectivity index (χ1v) is 4.90. The number of likely N-dealkylation sites (N-methyl/N-ethyl adjacent to an activating group) is 1. The summed E-state index contributed by atoms with van der Waals surface area (Å²) in [7, 11) is 2.12. The van der Waals surface area contributed by atoms with Gasteiger partial charge in [-0.15, -0.1) is 12.4 Å². The smallest absolute Gasteiger partial charge is 0.0526 e. The Morgan fingerprint density at radius 1 is 1.29 bits per heavy atom. The molecule has 2 aliphatic rings. The summed E-state index contributed by atoms with van der Waals surface area (Å²) in [6.45, 7) is 5.51. The number of piperazine rings is 1. The Bertz CT molecular complexity index is 232. The number of nitrogens with one attached hydrogen (secondary N) is 1. The van der Waals surface area contributed by atoms with Crippen LogP contribution in [0.2, 0.25) is 0 Å². The maximum atomic E-state index is 3.36. The van der Waals surface area contributed by atoms with Crippen LogP contribution < -0.4 is 5.32 Å². The predicted octanol–water partition coefficient (Wildman–Crippen LogP) is 0.656. The first-order valence-electron chi connectivity index (χ1n) is 4.90. The Hall–Kier alpha value is -0.670. The lowest BCUT2D eigenvalue weighted by atomic mass is 10.2. The van der Waals surface area contributed by atoms with Gasteiger partial charge >= 0.3 is 0 Å². The molecule has 14 heavy (non-hydrogen) atoms. The van der Waals surface area contributed by atoms with Crippen LogP contribution in [0.25, 0.3) is 0 Å². The predicted molar refractivity (Wildman–Crippen MR) is 61.5 cm³/mol. The summed E-state index contributed by atoms with van der Waals surface area (Å²) in [5, 5.41) is 3.36. The fourth-order valence-corrected chi connectivity index (χ4v) is 1.77. The van der Waals surface area contributed by atoms with Gasteiger partial charge in [-0.25, -0.2) is 0 Å². The topological polar surface area (TPSA) is 18.5 Å². The molecular formula is C10H18ClN3. The first-order chi connectivity index (χ1) is 6.36. The second-order valence-corrected chi connectivity index (χ2v) is 3.63. The Morgan fingerprint density at radius 3 is 2.64 bits per heavy atom. The molecule has 0 aromatic rings. The third-order valence-electron chi connectivity index (χ3n) is 2.52. The zero-order valence-electron chi connectivity index (χ0n) is 8.57. The highest BCUT2D eigenvalue weighted by Crippen LogP contribution is 2.11. The van der Waals surface area contributed by atoms with Crippen molar-refractivity contribution in [1.29, 1.82) is 0 Å². The summed E-state index contributed by atoms with van der Waals surface area (Å²) in [4.78, 5) is 4.65. The number of hydrogen-bond donors (Lipinski definition) is 1. The Balaban J connectivity index is 0.000000980. The quantitative estimate of drug-likeness (QED) is 0.694. The molecule has 0 aliphatic carbocycles. The molecule has 1 saturated heterocycles. The minimum Gasteiger partial charge on any atom is -0.375 e. The van der Waals surface area contributed by atoms with E-state index in [-0.39, 0.29) is 12.4 Å². The van der Waals surface area contributed by atoms with Crippen LogP contribution in [-0.2, 0) is 0 Å². The van der Waals surface area contributed by atoms with Crippen LogP contribution in [0.5, 0.6) is 0 Å². The monoisotopic (exact) mass is 215 g/mol. The van der Waals surface area contributed by atoms with Gasteiger partial charge in [0.25, 0.3) is 0 Å². The maximum Gasteiger partial charge on any atom is 0.0526 e. The molecule has 0 saturated carbocycles. The van der Waals surface area contributed by atoms with Gasteiger partial charge in [0.2, 0.25) is 0 Å². The van der Waals surface area contributed by atoms with Crippen LogP contribution in [0.15, 0.2) is 24.0 Å². The van der Waals surface area contributed by atoms with Crippen molar-refractivity contribution >= 4 is 12.4 Å². The van der Waals surface area contributed by atoms with Crippen molar-refractivity contribution in [1.82, 2.24) is 15.1 Å². The number of allylic oxidation sites excluding steroid dienone is 1. The molecule has 0 aromatic carbocycles. The van der Waals surface area contributed by atoms with Crippen LogP contribution in [-0.4, -0.2) is 49.6 Å².